The van der Waals surface area contributed by atoms with Crippen LogP contribution < -0.4 is 0 Å². The lowest BCUT2D eigenvalue weighted by molar-refractivity contribution is 0.411. The van der Waals surface area contributed by atoms with Crippen molar-refractivity contribution in [3.05, 3.63) is 71.3 Å². The minimum atomic E-state index is 0.253. The Hall–Kier alpha value is -1.89. The molecule has 0 saturated heterocycles. The Morgan fingerprint density at radius 1 is 0.842 bits per heavy atom. The first-order valence-electron chi connectivity index (χ1n) is 6.94. The highest BCUT2D eigenvalue weighted by Gasteiger charge is 2.27. The molecule has 1 heteroatoms. The molecule has 2 aromatic rings. The number of nitrogens with zero attached hydrogens (tertiary/aromatic N) is 1. The zero-order valence-corrected chi connectivity index (χ0v) is 11.5. The van der Waals surface area contributed by atoms with Gasteiger partial charge >= 0.3 is 0 Å². The summed E-state index contributed by atoms with van der Waals surface area (Å²) >= 11 is 0. The van der Waals surface area contributed by atoms with Gasteiger partial charge in [-0.1, -0.05) is 68.4 Å². The second-order valence-electron chi connectivity index (χ2n) is 5.41. The molecule has 0 aromatic heterocycles. The first-order valence-corrected chi connectivity index (χ1v) is 6.94. The van der Waals surface area contributed by atoms with Crippen LogP contribution >= 0.6 is 0 Å². The third-order valence-corrected chi connectivity index (χ3v) is 4.29. The lowest BCUT2D eigenvalue weighted by Crippen LogP contribution is -2.13. The van der Waals surface area contributed by atoms with Crippen molar-refractivity contribution in [2.24, 2.45) is 10.9 Å². The van der Waals surface area contributed by atoms with Gasteiger partial charge in [-0.15, -0.1) is 0 Å². The van der Waals surface area contributed by atoms with E-state index in [0.29, 0.717) is 11.8 Å². The maximum Gasteiger partial charge on any atom is 0.0780 e. The average Bonchev–Trinajstić information content (AvgIpc) is 2.59. The zero-order valence-electron chi connectivity index (χ0n) is 11.5. The Labute approximate surface area is 115 Å². The van der Waals surface area contributed by atoms with Crippen LogP contribution in [0.2, 0.25) is 0 Å². The van der Waals surface area contributed by atoms with Gasteiger partial charge in [0, 0.05) is 6.21 Å². The van der Waals surface area contributed by atoms with Crippen molar-refractivity contribution in [2.75, 3.05) is 0 Å². The third-order valence-electron chi connectivity index (χ3n) is 4.29. The highest BCUT2D eigenvalue weighted by Crippen LogP contribution is 2.39. The highest BCUT2D eigenvalue weighted by molar-refractivity contribution is 5.82. The van der Waals surface area contributed by atoms with E-state index in [2.05, 4.69) is 68.4 Å². The van der Waals surface area contributed by atoms with E-state index >= 15 is 0 Å². The molecule has 0 aliphatic carbocycles. The normalized spacial score (nSPS) is 25.7. The van der Waals surface area contributed by atoms with Crippen LogP contribution in [0.15, 0.2) is 59.6 Å². The molecule has 2 aromatic carbocycles. The molecule has 1 aliphatic heterocycles. The highest BCUT2D eigenvalue weighted by atomic mass is 14.8. The van der Waals surface area contributed by atoms with Gasteiger partial charge in [-0.2, -0.15) is 0 Å². The van der Waals surface area contributed by atoms with E-state index in [1.165, 1.54) is 16.7 Å². The molecule has 1 nitrogen and oxygen atoms in total. The molecule has 0 fully saturated rings. The molecule has 0 unspecified atom stereocenters. The number of hydrogen-bond acceptors (Lipinski definition) is 1. The minimum absolute atomic E-state index is 0.253. The molecule has 1 aliphatic rings. The van der Waals surface area contributed by atoms with Crippen LogP contribution in [0.25, 0.3) is 0 Å². The molecule has 0 radical (unpaired) electrons. The van der Waals surface area contributed by atoms with Gasteiger partial charge in [0.1, 0.15) is 0 Å². The number of aliphatic imine (C=N–C) groups is 1. The third kappa shape index (κ3) is 2.21. The molecular formula is C18H19N. The summed E-state index contributed by atoms with van der Waals surface area (Å²) in [6.45, 7) is 4.62. The fraction of sp³-hybridized carbons (Fsp3) is 0.278. The fourth-order valence-electron chi connectivity index (χ4n) is 2.94. The van der Waals surface area contributed by atoms with Crippen molar-refractivity contribution in [3.63, 3.8) is 0 Å². The minimum Gasteiger partial charge on any atom is -0.284 e. The van der Waals surface area contributed by atoms with Crippen LogP contribution in [-0.2, 0) is 0 Å². The number of fused-ring (bicyclic) bond motifs is 1. The van der Waals surface area contributed by atoms with E-state index in [9.17, 15) is 0 Å². The smallest absolute Gasteiger partial charge is 0.0780 e. The van der Waals surface area contributed by atoms with Gasteiger partial charge in [0.2, 0.25) is 0 Å². The standard InChI is InChI=1S/C18H19N/c1-13-14(2)18(15-8-4-3-5-9-15)19-12-16-10-6-7-11-17(13)16/h3-14,18H,1-2H3/t13-,14-,18+/m0/s1. The van der Waals surface area contributed by atoms with Gasteiger partial charge < -0.3 is 0 Å². The Kier molecular flexibility index (Phi) is 3.20. The molecule has 1 heterocycles. The van der Waals surface area contributed by atoms with Gasteiger partial charge in [0.25, 0.3) is 0 Å². The van der Waals surface area contributed by atoms with E-state index in [0.717, 1.165) is 0 Å². The summed E-state index contributed by atoms with van der Waals surface area (Å²) < 4.78 is 0. The number of benzene rings is 2. The van der Waals surface area contributed by atoms with Crippen molar-refractivity contribution in [1.29, 1.82) is 0 Å². The van der Waals surface area contributed by atoms with E-state index in [1.54, 1.807) is 0 Å². The van der Waals surface area contributed by atoms with Crippen LogP contribution in [-0.4, -0.2) is 6.21 Å². The van der Waals surface area contributed by atoms with Crippen LogP contribution in [0.3, 0.4) is 0 Å². The maximum atomic E-state index is 4.84. The topological polar surface area (TPSA) is 12.4 Å². The molecule has 0 spiro atoms. The van der Waals surface area contributed by atoms with Crippen molar-refractivity contribution < 1.29 is 0 Å². The Bertz CT molecular complexity index is 586. The second-order valence-corrected chi connectivity index (χ2v) is 5.41. The summed E-state index contributed by atoms with van der Waals surface area (Å²) in [5.41, 5.74) is 3.99. The lowest BCUT2D eigenvalue weighted by atomic mass is 9.81. The van der Waals surface area contributed by atoms with Crippen molar-refractivity contribution in [3.8, 4) is 0 Å². The lowest BCUT2D eigenvalue weighted by Gasteiger charge is -2.25. The molecule has 3 rings (SSSR count). The van der Waals surface area contributed by atoms with Crippen LogP contribution in [0, 0.1) is 5.92 Å². The maximum absolute atomic E-state index is 4.84. The molecule has 3 atom stereocenters. The molecule has 0 N–H and O–H groups in total. The monoisotopic (exact) mass is 249 g/mol. The Morgan fingerprint density at radius 3 is 2.32 bits per heavy atom. The van der Waals surface area contributed by atoms with Crippen LogP contribution in [0.4, 0.5) is 0 Å². The predicted molar refractivity (Wildman–Crippen MR) is 80.8 cm³/mol. The van der Waals surface area contributed by atoms with Gasteiger partial charge in [-0.05, 0) is 28.5 Å². The van der Waals surface area contributed by atoms with Gasteiger partial charge in [0.15, 0.2) is 0 Å². The van der Waals surface area contributed by atoms with Gasteiger partial charge in [-0.3, -0.25) is 4.99 Å². The SMILES string of the molecule is C[C@H]1[C@H](C)c2ccccc2C=N[C@H]1c1ccccc1. The van der Waals surface area contributed by atoms with Crippen molar-refractivity contribution in [1.82, 2.24) is 0 Å². The van der Waals surface area contributed by atoms with Crippen molar-refractivity contribution >= 4 is 6.21 Å². The van der Waals surface area contributed by atoms with E-state index in [4.69, 9.17) is 4.99 Å². The van der Waals surface area contributed by atoms with E-state index in [1.807, 2.05) is 6.21 Å². The summed E-state index contributed by atoms with van der Waals surface area (Å²) in [5.74, 6) is 1.02. The van der Waals surface area contributed by atoms with Crippen molar-refractivity contribution in [2.45, 2.75) is 25.8 Å². The first kappa shape index (κ1) is 12.2. The summed E-state index contributed by atoms with van der Waals surface area (Å²) in [4.78, 5) is 4.84. The fourth-order valence-corrected chi connectivity index (χ4v) is 2.94. The summed E-state index contributed by atoms with van der Waals surface area (Å²) in [6, 6.07) is 19.5. The van der Waals surface area contributed by atoms with Gasteiger partial charge in [-0.25, -0.2) is 0 Å². The molecule has 19 heavy (non-hydrogen) atoms. The quantitative estimate of drug-likeness (QED) is 0.700. The zero-order chi connectivity index (χ0) is 13.2. The Balaban J connectivity index is 2.04. The predicted octanol–water partition coefficient (Wildman–Crippen LogP) is 4.60. The summed E-state index contributed by atoms with van der Waals surface area (Å²) in [7, 11) is 0. The summed E-state index contributed by atoms with van der Waals surface area (Å²) in [6.07, 6.45) is 2.05. The molecular weight excluding hydrogens is 230 g/mol. The number of hydrogen-bond donors (Lipinski definition) is 0. The first-order chi connectivity index (χ1) is 9.27. The molecule has 0 bridgehead atoms. The van der Waals surface area contributed by atoms with E-state index < -0.39 is 0 Å². The van der Waals surface area contributed by atoms with Crippen LogP contribution in [0.5, 0.6) is 0 Å². The van der Waals surface area contributed by atoms with Crippen LogP contribution in [0.1, 0.15) is 42.5 Å². The molecule has 0 amide bonds. The molecule has 96 valence electrons. The average molecular weight is 249 g/mol. The largest absolute Gasteiger partial charge is 0.284 e. The summed E-state index contributed by atoms with van der Waals surface area (Å²) in [5, 5.41) is 0. The van der Waals surface area contributed by atoms with E-state index in [-0.39, 0.29) is 6.04 Å². The number of rotatable bonds is 1. The molecule has 0 saturated carbocycles. The Morgan fingerprint density at radius 2 is 1.53 bits per heavy atom. The van der Waals surface area contributed by atoms with Gasteiger partial charge in [0.05, 0.1) is 6.04 Å². The second kappa shape index (κ2) is 5.00.